The molecule has 5 rings (SSSR count). The van der Waals surface area contributed by atoms with Crippen molar-refractivity contribution in [1.29, 1.82) is 0 Å². The molecule has 5 nitrogen and oxygen atoms in total. The van der Waals surface area contributed by atoms with Gasteiger partial charge in [0.1, 0.15) is 12.8 Å². The van der Waals surface area contributed by atoms with Gasteiger partial charge in [0.25, 0.3) is 0 Å². The third-order valence-corrected chi connectivity index (χ3v) is 8.68. The van der Waals surface area contributed by atoms with Crippen molar-refractivity contribution < 1.29 is 4.57 Å². The molecule has 2 aromatic heterocycles. The molecule has 5 aromatic rings. The Hall–Kier alpha value is -3.69. The van der Waals surface area contributed by atoms with Crippen LogP contribution >= 0.6 is 7.14 Å². The zero-order chi connectivity index (χ0) is 22.1. The topological polar surface area (TPSA) is 67.8 Å². The summed E-state index contributed by atoms with van der Waals surface area (Å²) < 4.78 is 16.2. The Balaban J connectivity index is 1.69. The fourth-order valence-corrected chi connectivity index (χ4v) is 6.73. The van der Waals surface area contributed by atoms with Gasteiger partial charge in [0.15, 0.2) is 5.43 Å². The summed E-state index contributed by atoms with van der Waals surface area (Å²) in [5.41, 5.74) is 2.62. The van der Waals surface area contributed by atoms with Gasteiger partial charge in [-0.25, -0.2) is 4.68 Å². The molecule has 3 aromatic carbocycles. The van der Waals surface area contributed by atoms with E-state index in [-0.39, 0.29) is 11.6 Å². The Labute approximate surface area is 185 Å². The highest BCUT2D eigenvalue weighted by Gasteiger charge is 2.28. The largest absolute Gasteiger partial charge is 0.342 e. The lowest BCUT2D eigenvalue weighted by Gasteiger charge is -2.19. The van der Waals surface area contributed by atoms with Crippen molar-refractivity contribution in [2.24, 2.45) is 0 Å². The van der Waals surface area contributed by atoms with E-state index in [2.05, 4.69) is 10.1 Å². The van der Waals surface area contributed by atoms with Gasteiger partial charge in [-0.2, -0.15) is 5.10 Å². The standard InChI is InChI=1S/C26H22N3O2P/c1-19-25-24(30)17-20(27-26(25)29(28-19)21-11-5-2-6-12-21)18-32(31,22-13-7-3-8-14-22)23-15-9-4-10-16-23/h2-17H,18H2,1H3,(H,27,30). The average Bonchev–Trinajstić information content (AvgIpc) is 3.17. The van der Waals surface area contributed by atoms with Crippen LogP contribution in [0.15, 0.2) is 102 Å². The number of hydrogen-bond donors (Lipinski definition) is 1. The van der Waals surface area contributed by atoms with Crippen LogP contribution < -0.4 is 16.0 Å². The zero-order valence-corrected chi connectivity index (χ0v) is 18.5. The number of aromatic amines is 1. The summed E-state index contributed by atoms with van der Waals surface area (Å²) in [5, 5.41) is 6.67. The number of pyridine rings is 1. The predicted octanol–water partition coefficient (Wildman–Crippen LogP) is 4.54. The molecule has 6 heteroatoms. The molecular formula is C26H22N3O2P. The molecule has 0 amide bonds. The van der Waals surface area contributed by atoms with Gasteiger partial charge in [0.05, 0.1) is 16.8 Å². The summed E-state index contributed by atoms with van der Waals surface area (Å²) in [6, 6.07) is 30.2. The van der Waals surface area contributed by atoms with Gasteiger partial charge in [-0.15, -0.1) is 0 Å². The number of para-hydroxylation sites is 1. The Kier molecular flexibility index (Phi) is 5.12. The van der Waals surface area contributed by atoms with E-state index < -0.39 is 7.14 Å². The third-order valence-electron chi connectivity index (χ3n) is 5.63. The molecule has 0 aliphatic rings. The molecule has 0 spiro atoms. The monoisotopic (exact) mass is 439 g/mol. The van der Waals surface area contributed by atoms with E-state index in [0.29, 0.717) is 22.4 Å². The first-order chi connectivity index (χ1) is 15.6. The van der Waals surface area contributed by atoms with Crippen LogP contribution in [0.4, 0.5) is 0 Å². The summed E-state index contributed by atoms with van der Waals surface area (Å²) in [6.45, 7) is 1.83. The van der Waals surface area contributed by atoms with E-state index in [0.717, 1.165) is 16.3 Å². The molecular weight excluding hydrogens is 417 g/mol. The molecule has 0 aliphatic heterocycles. The first-order valence-electron chi connectivity index (χ1n) is 10.4. The molecule has 1 N–H and O–H groups in total. The van der Waals surface area contributed by atoms with E-state index in [9.17, 15) is 9.36 Å². The number of H-pyrrole nitrogens is 1. The first-order valence-corrected chi connectivity index (χ1v) is 12.3. The van der Waals surface area contributed by atoms with E-state index in [1.807, 2.05) is 97.9 Å². The van der Waals surface area contributed by atoms with Crippen LogP contribution in [0, 0.1) is 6.92 Å². The van der Waals surface area contributed by atoms with E-state index in [1.54, 1.807) is 10.7 Å². The van der Waals surface area contributed by atoms with Gasteiger partial charge in [-0.05, 0) is 19.1 Å². The summed E-state index contributed by atoms with van der Waals surface area (Å²) >= 11 is 0. The van der Waals surface area contributed by atoms with Gasteiger partial charge in [0, 0.05) is 28.5 Å². The van der Waals surface area contributed by atoms with Gasteiger partial charge < -0.3 is 9.55 Å². The van der Waals surface area contributed by atoms with E-state index in [1.165, 1.54) is 0 Å². The lowest BCUT2D eigenvalue weighted by molar-refractivity contribution is 0.586. The molecule has 0 saturated carbocycles. The highest BCUT2D eigenvalue weighted by molar-refractivity contribution is 7.78. The fourth-order valence-electron chi connectivity index (χ4n) is 4.11. The number of nitrogens with one attached hydrogen (secondary N) is 1. The Bertz CT molecular complexity index is 1450. The van der Waals surface area contributed by atoms with Crippen molar-refractivity contribution in [2.45, 2.75) is 13.1 Å². The zero-order valence-electron chi connectivity index (χ0n) is 17.6. The molecule has 0 bridgehead atoms. The van der Waals surface area contributed by atoms with Crippen LogP contribution in [-0.2, 0) is 10.7 Å². The second kappa shape index (κ2) is 8.10. The molecule has 0 unspecified atom stereocenters. The number of fused-ring (bicyclic) bond motifs is 1. The van der Waals surface area contributed by atoms with E-state index in [4.69, 9.17) is 0 Å². The van der Waals surface area contributed by atoms with Crippen molar-refractivity contribution >= 4 is 28.8 Å². The molecule has 158 valence electrons. The van der Waals surface area contributed by atoms with Crippen molar-refractivity contribution in [2.75, 3.05) is 0 Å². The van der Waals surface area contributed by atoms with Crippen LogP contribution in [0.1, 0.15) is 11.4 Å². The Morgan fingerprint density at radius 3 is 1.94 bits per heavy atom. The van der Waals surface area contributed by atoms with Crippen LogP contribution in [0.3, 0.4) is 0 Å². The Morgan fingerprint density at radius 1 is 0.844 bits per heavy atom. The van der Waals surface area contributed by atoms with Crippen LogP contribution in [-0.4, -0.2) is 14.8 Å². The molecule has 0 saturated heterocycles. The minimum Gasteiger partial charge on any atom is -0.342 e. The van der Waals surface area contributed by atoms with Crippen LogP contribution in [0.25, 0.3) is 16.7 Å². The summed E-state index contributed by atoms with van der Waals surface area (Å²) in [6.07, 6.45) is 0.214. The van der Waals surface area contributed by atoms with Crippen LogP contribution in [0.2, 0.25) is 0 Å². The fraction of sp³-hybridized carbons (Fsp3) is 0.0769. The molecule has 0 atom stereocenters. The van der Waals surface area contributed by atoms with Crippen molar-refractivity contribution in [3.63, 3.8) is 0 Å². The van der Waals surface area contributed by atoms with Crippen LogP contribution in [0.5, 0.6) is 0 Å². The van der Waals surface area contributed by atoms with Crippen molar-refractivity contribution in [3.8, 4) is 5.69 Å². The number of rotatable bonds is 5. The van der Waals surface area contributed by atoms with E-state index >= 15 is 0 Å². The molecule has 0 aliphatic carbocycles. The summed E-state index contributed by atoms with van der Waals surface area (Å²) in [4.78, 5) is 16.4. The number of nitrogens with zero attached hydrogens (tertiary/aromatic N) is 2. The summed E-state index contributed by atoms with van der Waals surface area (Å²) in [5.74, 6) is 0. The number of aromatic nitrogens is 3. The number of aryl methyl sites for hydroxylation is 1. The quantitative estimate of drug-likeness (QED) is 0.409. The predicted molar refractivity (Wildman–Crippen MR) is 130 cm³/mol. The smallest absolute Gasteiger partial charge is 0.193 e. The van der Waals surface area contributed by atoms with Gasteiger partial charge >= 0.3 is 0 Å². The first kappa shape index (κ1) is 20.2. The minimum atomic E-state index is -3.02. The highest BCUT2D eigenvalue weighted by Crippen LogP contribution is 2.46. The molecule has 2 heterocycles. The van der Waals surface area contributed by atoms with Crippen molar-refractivity contribution in [3.05, 3.63) is 119 Å². The average molecular weight is 439 g/mol. The summed E-state index contributed by atoms with van der Waals surface area (Å²) in [7, 11) is -3.02. The maximum atomic E-state index is 14.4. The maximum absolute atomic E-state index is 14.4. The van der Waals surface area contributed by atoms with Gasteiger partial charge in [0.2, 0.25) is 0 Å². The third kappa shape index (κ3) is 3.51. The second-order valence-corrected chi connectivity index (χ2v) is 10.6. The Morgan fingerprint density at radius 2 is 1.38 bits per heavy atom. The second-order valence-electron chi connectivity index (χ2n) is 7.78. The SMILES string of the molecule is Cc1nn(-c2ccccc2)c2[nH]c(CP(=O)(c3ccccc3)c3ccccc3)cc(=O)c12. The lowest BCUT2D eigenvalue weighted by atomic mass is 10.2. The van der Waals surface area contributed by atoms with Gasteiger partial charge in [-0.3, -0.25) is 4.79 Å². The van der Waals surface area contributed by atoms with Crippen molar-refractivity contribution in [1.82, 2.24) is 14.8 Å². The highest BCUT2D eigenvalue weighted by atomic mass is 31.2. The maximum Gasteiger partial charge on any atom is 0.193 e. The lowest BCUT2D eigenvalue weighted by Crippen LogP contribution is -2.19. The number of benzene rings is 3. The normalized spacial score (nSPS) is 11.7. The molecule has 0 fully saturated rings. The minimum absolute atomic E-state index is 0.124. The number of hydrogen-bond acceptors (Lipinski definition) is 3. The molecule has 32 heavy (non-hydrogen) atoms. The van der Waals surface area contributed by atoms with Gasteiger partial charge in [-0.1, -0.05) is 78.9 Å². The molecule has 0 radical (unpaired) electrons.